The van der Waals surface area contributed by atoms with Gasteiger partial charge in [0.15, 0.2) is 12.6 Å². The van der Waals surface area contributed by atoms with Crippen LogP contribution in [0.2, 0.25) is 0 Å². The Kier molecular flexibility index (Phi) is 5.99. The van der Waals surface area contributed by atoms with Crippen molar-refractivity contribution in [2.45, 2.75) is 19.5 Å². The zero-order valence-electron chi connectivity index (χ0n) is 18.5. The van der Waals surface area contributed by atoms with Crippen LogP contribution in [-0.2, 0) is 18.9 Å². The number of benzene rings is 2. The van der Waals surface area contributed by atoms with E-state index in [1.54, 1.807) is 0 Å². The van der Waals surface area contributed by atoms with Crippen LogP contribution in [0.15, 0.2) is 48.5 Å². The average molecular weight is 425 g/mol. The van der Waals surface area contributed by atoms with E-state index >= 15 is 0 Å². The second kappa shape index (κ2) is 8.88. The minimum Gasteiger partial charge on any atom is -0.369 e. The molecule has 5 rings (SSSR count). The fourth-order valence-electron chi connectivity index (χ4n) is 4.37. The lowest BCUT2D eigenvalue weighted by Gasteiger charge is -2.43. The van der Waals surface area contributed by atoms with Gasteiger partial charge in [-0.15, -0.1) is 0 Å². The van der Waals surface area contributed by atoms with E-state index in [1.165, 1.54) is 11.3 Å². The summed E-state index contributed by atoms with van der Waals surface area (Å²) in [6, 6.07) is 16.9. The van der Waals surface area contributed by atoms with Crippen molar-refractivity contribution < 1.29 is 18.9 Å². The van der Waals surface area contributed by atoms with E-state index in [2.05, 4.69) is 72.3 Å². The second-order valence-corrected chi connectivity index (χ2v) is 9.20. The lowest BCUT2D eigenvalue weighted by molar-refractivity contribution is -0.307. The van der Waals surface area contributed by atoms with Crippen molar-refractivity contribution in [1.29, 1.82) is 0 Å². The molecule has 6 heteroatoms. The number of nitrogens with zero attached hydrogens (tertiary/aromatic N) is 2. The van der Waals surface area contributed by atoms with E-state index in [0.29, 0.717) is 26.4 Å². The Balaban J connectivity index is 1.14. The van der Waals surface area contributed by atoms with Gasteiger partial charge in [-0.3, -0.25) is 0 Å². The molecule has 3 saturated heterocycles. The van der Waals surface area contributed by atoms with Gasteiger partial charge in [0.1, 0.15) is 0 Å². The van der Waals surface area contributed by atoms with E-state index in [9.17, 15) is 0 Å². The van der Waals surface area contributed by atoms with Crippen molar-refractivity contribution in [3.05, 3.63) is 65.2 Å². The maximum atomic E-state index is 6.11. The van der Waals surface area contributed by atoms with Gasteiger partial charge in [0.05, 0.1) is 31.8 Å². The quantitative estimate of drug-likeness (QED) is 0.751. The SMILES string of the molecule is Cc1ccc(C2OCC3(CO2)COC(c2ccc(N4CCN(C)CC4)cc2)OC3)cc1. The Labute approximate surface area is 184 Å². The first-order valence-electron chi connectivity index (χ1n) is 11.2. The van der Waals surface area contributed by atoms with E-state index in [1.807, 2.05) is 0 Å². The fraction of sp³-hybridized carbons (Fsp3) is 0.520. The highest BCUT2D eigenvalue weighted by Crippen LogP contribution is 2.38. The standard InChI is InChI=1S/C25H32N2O4/c1-19-3-5-20(6-4-19)23-28-15-25(16-29-23)17-30-24(31-18-25)21-7-9-22(10-8-21)27-13-11-26(2)12-14-27/h3-10,23-24H,11-18H2,1-2H3. The van der Waals surface area contributed by atoms with Crippen molar-refractivity contribution in [2.75, 3.05) is 64.6 Å². The Hall–Kier alpha value is -1.96. The molecule has 1 spiro atoms. The average Bonchev–Trinajstić information content (AvgIpc) is 2.82. The van der Waals surface area contributed by atoms with Crippen molar-refractivity contribution in [1.82, 2.24) is 4.90 Å². The van der Waals surface area contributed by atoms with Gasteiger partial charge in [-0.2, -0.15) is 0 Å². The zero-order valence-corrected chi connectivity index (χ0v) is 18.5. The van der Waals surface area contributed by atoms with Gasteiger partial charge in [-0.25, -0.2) is 0 Å². The molecule has 0 aliphatic carbocycles. The summed E-state index contributed by atoms with van der Waals surface area (Å²) in [5, 5.41) is 0. The first-order valence-corrected chi connectivity index (χ1v) is 11.2. The van der Waals surface area contributed by atoms with Gasteiger partial charge >= 0.3 is 0 Å². The summed E-state index contributed by atoms with van der Waals surface area (Å²) >= 11 is 0. The summed E-state index contributed by atoms with van der Waals surface area (Å²) < 4.78 is 24.3. The molecule has 3 fully saturated rings. The van der Waals surface area contributed by atoms with Crippen LogP contribution >= 0.6 is 0 Å². The third-order valence-electron chi connectivity index (χ3n) is 6.55. The molecule has 0 N–H and O–H groups in total. The molecule has 0 bridgehead atoms. The summed E-state index contributed by atoms with van der Waals surface area (Å²) in [5.74, 6) is 0. The highest BCUT2D eigenvalue weighted by molar-refractivity contribution is 5.48. The Morgan fingerprint density at radius 2 is 1.13 bits per heavy atom. The van der Waals surface area contributed by atoms with E-state index < -0.39 is 0 Å². The molecule has 2 aromatic rings. The normalized spacial score (nSPS) is 29.9. The zero-order chi connectivity index (χ0) is 21.3. The third kappa shape index (κ3) is 4.64. The minimum absolute atomic E-state index is 0.239. The molecule has 3 aliphatic rings. The van der Waals surface area contributed by atoms with Crippen LogP contribution in [-0.4, -0.2) is 64.6 Å². The largest absolute Gasteiger partial charge is 0.369 e. The predicted octanol–water partition coefficient (Wildman–Crippen LogP) is 3.52. The third-order valence-corrected chi connectivity index (χ3v) is 6.55. The van der Waals surface area contributed by atoms with Crippen LogP contribution in [0.1, 0.15) is 29.3 Å². The first kappa shape index (κ1) is 20.9. The van der Waals surface area contributed by atoms with Gasteiger partial charge in [0, 0.05) is 43.0 Å². The summed E-state index contributed by atoms with van der Waals surface area (Å²) in [6.45, 7) is 8.70. The van der Waals surface area contributed by atoms with Crippen LogP contribution in [0.3, 0.4) is 0 Å². The van der Waals surface area contributed by atoms with Crippen molar-refractivity contribution in [2.24, 2.45) is 5.41 Å². The number of piperazine rings is 1. The van der Waals surface area contributed by atoms with Gasteiger partial charge in [0.25, 0.3) is 0 Å². The lowest BCUT2D eigenvalue weighted by Crippen LogP contribution is -2.49. The molecule has 6 nitrogen and oxygen atoms in total. The minimum atomic E-state index is -0.331. The van der Waals surface area contributed by atoms with Crippen molar-refractivity contribution >= 4 is 5.69 Å². The molecule has 3 aliphatic heterocycles. The number of aryl methyl sites for hydroxylation is 1. The number of anilines is 1. The lowest BCUT2D eigenvalue weighted by atomic mass is 9.90. The predicted molar refractivity (Wildman–Crippen MR) is 119 cm³/mol. The highest BCUT2D eigenvalue weighted by Gasteiger charge is 2.42. The van der Waals surface area contributed by atoms with E-state index in [4.69, 9.17) is 18.9 Å². The molecule has 0 unspecified atom stereocenters. The van der Waals surface area contributed by atoms with Gasteiger partial charge < -0.3 is 28.7 Å². The Morgan fingerprint density at radius 3 is 1.61 bits per heavy atom. The molecular formula is C25H32N2O4. The van der Waals surface area contributed by atoms with Crippen LogP contribution in [0, 0.1) is 12.3 Å². The number of ether oxygens (including phenoxy) is 4. The smallest absolute Gasteiger partial charge is 0.183 e. The molecular weight excluding hydrogens is 392 g/mol. The van der Waals surface area contributed by atoms with Gasteiger partial charge in [0.2, 0.25) is 0 Å². The highest BCUT2D eigenvalue weighted by atomic mass is 16.7. The first-order chi connectivity index (χ1) is 15.1. The molecule has 3 heterocycles. The van der Waals surface area contributed by atoms with Gasteiger partial charge in [-0.1, -0.05) is 42.0 Å². The monoisotopic (exact) mass is 424 g/mol. The van der Waals surface area contributed by atoms with Gasteiger partial charge in [-0.05, 0) is 26.1 Å². The Bertz CT molecular complexity index is 844. The number of rotatable bonds is 3. The Morgan fingerprint density at radius 1 is 0.677 bits per heavy atom. The maximum absolute atomic E-state index is 6.11. The molecule has 0 saturated carbocycles. The maximum Gasteiger partial charge on any atom is 0.183 e. The number of hydrogen-bond donors (Lipinski definition) is 0. The molecule has 166 valence electrons. The molecule has 0 aromatic heterocycles. The molecule has 31 heavy (non-hydrogen) atoms. The van der Waals surface area contributed by atoms with Crippen LogP contribution in [0.5, 0.6) is 0 Å². The fourth-order valence-corrected chi connectivity index (χ4v) is 4.37. The van der Waals surface area contributed by atoms with Crippen LogP contribution < -0.4 is 4.90 Å². The molecule has 0 amide bonds. The van der Waals surface area contributed by atoms with Crippen molar-refractivity contribution in [3.63, 3.8) is 0 Å². The second-order valence-electron chi connectivity index (χ2n) is 9.20. The summed E-state index contributed by atoms with van der Waals surface area (Å²) in [7, 11) is 2.18. The topological polar surface area (TPSA) is 43.4 Å². The molecule has 0 atom stereocenters. The number of hydrogen-bond acceptors (Lipinski definition) is 6. The molecule has 0 radical (unpaired) electrons. The summed E-state index contributed by atoms with van der Waals surface area (Å²) in [5.41, 5.74) is 4.37. The van der Waals surface area contributed by atoms with E-state index in [0.717, 1.165) is 37.3 Å². The molecule has 2 aromatic carbocycles. The van der Waals surface area contributed by atoms with Crippen LogP contribution in [0.4, 0.5) is 5.69 Å². The summed E-state index contributed by atoms with van der Waals surface area (Å²) in [6.07, 6.45) is -0.645. The van der Waals surface area contributed by atoms with Crippen LogP contribution in [0.25, 0.3) is 0 Å². The summed E-state index contributed by atoms with van der Waals surface area (Å²) in [4.78, 5) is 4.80. The van der Waals surface area contributed by atoms with E-state index in [-0.39, 0.29) is 18.0 Å². The number of likely N-dealkylation sites (N-methyl/N-ethyl adjacent to an activating group) is 1. The van der Waals surface area contributed by atoms with Crippen molar-refractivity contribution in [3.8, 4) is 0 Å².